The molecule has 1 amide bonds. The maximum atomic E-state index is 12.3. The summed E-state index contributed by atoms with van der Waals surface area (Å²) in [5, 5.41) is 5.20. The number of carbonyl (C=O) groups excluding carboxylic acids is 1. The van der Waals surface area contributed by atoms with Crippen molar-refractivity contribution in [2.45, 2.75) is 45.6 Å². The van der Waals surface area contributed by atoms with Gasteiger partial charge in [0.2, 0.25) is 0 Å². The predicted octanol–water partition coefficient (Wildman–Crippen LogP) is 4.48. The average molecular weight is 387 g/mol. The van der Waals surface area contributed by atoms with Gasteiger partial charge in [-0.25, -0.2) is 0 Å². The third-order valence-electron chi connectivity index (χ3n) is 5.29. The van der Waals surface area contributed by atoms with E-state index in [1.54, 1.807) is 11.3 Å². The molecule has 1 aliphatic rings. The van der Waals surface area contributed by atoms with Gasteiger partial charge >= 0.3 is 0 Å². The van der Waals surface area contributed by atoms with E-state index in [1.807, 2.05) is 18.2 Å². The number of amides is 1. The van der Waals surface area contributed by atoms with Crippen molar-refractivity contribution >= 4 is 17.2 Å². The van der Waals surface area contributed by atoms with Gasteiger partial charge in [-0.3, -0.25) is 9.69 Å². The molecule has 1 aromatic heterocycles. The summed E-state index contributed by atoms with van der Waals surface area (Å²) >= 11 is 1.77. The molecule has 1 atom stereocenters. The highest BCUT2D eigenvalue weighted by Gasteiger charge is 2.23. The van der Waals surface area contributed by atoms with Crippen LogP contribution in [0.25, 0.3) is 0 Å². The minimum atomic E-state index is -0.0652. The number of benzene rings is 1. The van der Waals surface area contributed by atoms with E-state index < -0.39 is 0 Å². The lowest BCUT2D eigenvalue weighted by atomic mass is 10.1. The smallest absolute Gasteiger partial charge is 0.258 e. The number of ether oxygens (including phenoxy) is 1. The Hall–Kier alpha value is -1.85. The second kappa shape index (κ2) is 9.90. The van der Waals surface area contributed by atoms with Crippen molar-refractivity contribution in [3.63, 3.8) is 0 Å². The number of likely N-dealkylation sites (tertiary alicyclic amines) is 1. The van der Waals surface area contributed by atoms with Crippen LogP contribution < -0.4 is 10.1 Å². The molecule has 1 fully saturated rings. The van der Waals surface area contributed by atoms with Crippen LogP contribution in [0.2, 0.25) is 0 Å². The molecule has 1 saturated heterocycles. The Bertz CT molecular complexity index is 722. The molecule has 146 valence electrons. The van der Waals surface area contributed by atoms with Crippen molar-refractivity contribution in [1.29, 1.82) is 0 Å². The van der Waals surface area contributed by atoms with Gasteiger partial charge in [0.25, 0.3) is 5.91 Å². The van der Waals surface area contributed by atoms with Crippen LogP contribution >= 0.6 is 11.3 Å². The molecular formula is C22H30N2O2S. The van der Waals surface area contributed by atoms with Crippen molar-refractivity contribution in [3.8, 4) is 5.75 Å². The summed E-state index contributed by atoms with van der Waals surface area (Å²) in [5.41, 5.74) is 2.40. The van der Waals surface area contributed by atoms with E-state index in [0.29, 0.717) is 6.54 Å². The summed E-state index contributed by atoms with van der Waals surface area (Å²) in [5.74, 6) is 0.681. The van der Waals surface area contributed by atoms with Crippen LogP contribution in [-0.4, -0.2) is 37.0 Å². The SMILES string of the molecule is Cc1ccc(OCC(=O)NCC(c2cccs2)N2CCCCCC2)cc1C. The Morgan fingerprint density at radius 2 is 1.93 bits per heavy atom. The fraction of sp³-hybridized carbons (Fsp3) is 0.500. The van der Waals surface area contributed by atoms with E-state index in [2.05, 4.69) is 41.6 Å². The first-order chi connectivity index (χ1) is 13.1. The van der Waals surface area contributed by atoms with Gasteiger partial charge in [0.1, 0.15) is 5.75 Å². The molecule has 27 heavy (non-hydrogen) atoms. The lowest BCUT2D eigenvalue weighted by Gasteiger charge is -2.30. The minimum absolute atomic E-state index is 0.0552. The third-order valence-corrected chi connectivity index (χ3v) is 6.27. The fourth-order valence-electron chi connectivity index (χ4n) is 3.51. The van der Waals surface area contributed by atoms with Gasteiger partial charge in [-0.1, -0.05) is 25.0 Å². The molecule has 0 radical (unpaired) electrons. The largest absolute Gasteiger partial charge is 0.484 e. The molecule has 0 aliphatic carbocycles. The van der Waals surface area contributed by atoms with Gasteiger partial charge in [-0.15, -0.1) is 11.3 Å². The molecular weight excluding hydrogens is 356 g/mol. The molecule has 0 spiro atoms. The molecule has 1 aromatic carbocycles. The van der Waals surface area contributed by atoms with Crippen molar-refractivity contribution in [1.82, 2.24) is 10.2 Å². The maximum Gasteiger partial charge on any atom is 0.258 e. The van der Waals surface area contributed by atoms with Crippen molar-refractivity contribution in [3.05, 3.63) is 51.7 Å². The summed E-state index contributed by atoms with van der Waals surface area (Å²) in [6, 6.07) is 10.5. The molecule has 4 nitrogen and oxygen atoms in total. The Morgan fingerprint density at radius 3 is 2.59 bits per heavy atom. The monoisotopic (exact) mass is 386 g/mol. The molecule has 1 unspecified atom stereocenters. The number of nitrogens with one attached hydrogen (secondary N) is 1. The minimum Gasteiger partial charge on any atom is -0.484 e. The second-order valence-electron chi connectivity index (χ2n) is 7.32. The number of nitrogens with zero attached hydrogens (tertiary/aromatic N) is 1. The predicted molar refractivity (Wildman–Crippen MR) is 112 cm³/mol. The van der Waals surface area contributed by atoms with Crippen LogP contribution in [0, 0.1) is 13.8 Å². The van der Waals surface area contributed by atoms with Gasteiger partial charge in [-0.2, -0.15) is 0 Å². The zero-order valence-corrected chi connectivity index (χ0v) is 17.2. The molecule has 0 bridgehead atoms. The van der Waals surface area contributed by atoms with Gasteiger partial charge in [-0.05, 0) is 74.5 Å². The van der Waals surface area contributed by atoms with E-state index >= 15 is 0 Å². The Kier molecular flexibility index (Phi) is 7.30. The van der Waals surface area contributed by atoms with E-state index in [-0.39, 0.29) is 18.6 Å². The summed E-state index contributed by atoms with van der Waals surface area (Å²) in [6.07, 6.45) is 5.10. The van der Waals surface area contributed by atoms with Crippen LogP contribution in [-0.2, 0) is 4.79 Å². The van der Waals surface area contributed by atoms with Crippen LogP contribution in [0.15, 0.2) is 35.7 Å². The highest BCUT2D eigenvalue weighted by atomic mass is 32.1. The number of hydrogen-bond donors (Lipinski definition) is 1. The molecule has 1 aliphatic heterocycles. The topological polar surface area (TPSA) is 41.6 Å². The van der Waals surface area contributed by atoms with Crippen molar-refractivity contribution in [2.24, 2.45) is 0 Å². The Morgan fingerprint density at radius 1 is 1.15 bits per heavy atom. The second-order valence-corrected chi connectivity index (χ2v) is 8.30. The summed E-state index contributed by atoms with van der Waals surface area (Å²) in [4.78, 5) is 16.2. The van der Waals surface area contributed by atoms with Gasteiger partial charge in [0.15, 0.2) is 6.61 Å². The van der Waals surface area contributed by atoms with Crippen molar-refractivity contribution in [2.75, 3.05) is 26.2 Å². The average Bonchev–Trinajstić information content (AvgIpc) is 3.06. The summed E-state index contributed by atoms with van der Waals surface area (Å²) < 4.78 is 5.67. The first-order valence-corrected chi connectivity index (χ1v) is 10.8. The number of carbonyl (C=O) groups is 1. The molecule has 2 heterocycles. The van der Waals surface area contributed by atoms with E-state index in [9.17, 15) is 4.79 Å². The number of thiophene rings is 1. The Balaban J connectivity index is 1.54. The van der Waals surface area contributed by atoms with E-state index in [0.717, 1.165) is 18.8 Å². The molecule has 3 rings (SSSR count). The van der Waals surface area contributed by atoms with Gasteiger partial charge in [0.05, 0.1) is 6.04 Å². The highest BCUT2D eigenvalue weighted by molar-refractivity contribution is 7.10. The normalized spacial score (nSPS) is 16.5. The zero-order chi connectivity index (χ0) is 19.1. The van der Waals surface area contributed by atoms with Gasteiger partial charge in [0, 0.05) is 11.4 Å². The van der Waals surface area contributed by atoms with Crippen LogP contribution in [0.5, 0.6) is 5.75 Å². The number of hydrogen-bond acceptors (Lipinski definition) is 4. The molecule has 0 saturated carbocycles. The quantitative estimate of drug-likeness (QED) is 0.763. The molecule has 2 aromatic rings. The lowest BCUT2D eigenvalue weighted by molar-refractivity contribution is -0.123. The highest BCUT2D eigenvalue weighted by Crippen LogP contribution is 2.27. The van der Waals surface area contributed by atoms with Crippen molar-refractivity contribution < 1.29 is 9.53 Å². The van der Waals surface area contributed by atoms with Crippen LogP contribution in [0.3, 0.4) is 0 Å². The maximum absolute atomic E-state index is 12.3. The molecule has 1 N–H and O–H groups in total. The first-order valence-electron chi connectivity index (χ1n) is 9.87. The molecule has 5 heteroatoms. The zero-order valence-electron chi connectivity index (χ0n) is 16.4. The van der Waals surface area contributed by atoms with E-state index in [4.69, 9.17) is 4.74 Å². The summed E-state index contributed by atoms with van der Waals surface area (Å²) in [6.45, 7) is 7.03. The Labute approximate surface area is 166 Å². The number of aryl methyl sites for hydroxylation is 2. The number of rotatable bonds is 7. The fourth-order valence-corrected chi connectivity index (χ4v) is 4.37. The summed E-state index contributed by atoms with van der Waals surface area (Å²) in [7, 11) is 0. The third kappa shape index (κ3) is 5.81. The lowest BCUT2D eigenvalue weighted by Crippen LogP contribution is -2.39. The van der Waals surface area contributed by atoms with E-state index in [1.165, 1.54) is 41.7 Å². The van der Waals surface area contributed by atoms with Crippen LogP contribution in [0.1, 0.15) is 47.7 Å². The standard InChI is InChI=1S/C22H30N2O2S/c1-17-9-10-19(14-18(17)2)26-16-22(25)23-15-20(21-8-7-13-27-21)24-11-5-3-4-6-12-24/h7-10,13-14,20H,3-6,11-12,15-16H2,1-2H3,(H,23,25). The first kappa shape index (κ1) is 19.9. The van der Waals surface area contributed by atoms with Gasteiger partial charge < -0.3 is 10.1 Å². The van der Waals surface area contributed by atoms with Crippen LogP contribution in [0.4, 0.5) is 0 Å².